The van der Waals surface area contributed by atoms with Crippen LogP contribution in [-0.2, 0) is 6.42 Å². The number of aromatic nitrogens is 2. The molecule has 0 atom stereocenters. The van der Waals surface area contributed by atoms with E-state index < -0.39 is 0 Å². The lowest BCUT2D eigenvalue weighted by Gasteiger charge is -2.00. The largest absolute Gasteiger partial charge is 0.342 e. The zero-order valence-electron chi connectivity index (χ0n) is 11.2. The maximum absolute atomic E-state index is 4.65. The molecule has 3 rings (SSSR count). The molecule has 3 nitrogen and oxygen atoms in total. The van der Waals surface area contributed by atoms with E-state index >= 15 is 0 Å². The van der Waals surface area contributed by atoms with Crippen molar-refractivity contribution in [2.75, 3.05) is 13.1 Å². The zero-order chi connectivity index (χ0) is 12.5. The Morgan fingerprint density at radius 2 is 2.06 bits per heavy atom. The van der Waals surface area contributed by atoms with Gasteiger partial charge >= 0.3 is 0 Å². The molecule has 0 unspecified atom stereocenters. The molecule has 0 saturated heterocycles. The molecule has 2 aromatic rings. The second kappa shape index (κ2) is 4.73. The summed E-state index contributed by atoms with van der Waals surface area (Å²) < 4.78 is 0. The van der Waals surface area contributed by atoms with E-state index in [0.717, 1.165) is 35.7 Å². The highest BCUT2D eigenvalue weighted by molar-refractivity contribution is 5.77. The third-order valence-corrected chi connectivity index (χ3v) is 3.81. The average Bonchev–Trinajstić information content (AvgIpc) is 3.08. The molecule has 1 aromatic carbocycles. The van der Waals surface area contributed by atoms with Gasteiger partial charge in [-0.15, -0.1) is 0 Å². The Labute approximate surface area is 108 Å². The molecular formula is C15H21N3. The number of imidazole rings is 1. The molecule has 1 aromatic heterocycles. The van der Waals surface area contributed by atoms with Gasteiger partial charge in [-0.25, -0.2) is 4.98 Å². The fraction of sp³-hybridized carbons (Fsp3) is 0.533. The molecule has 1 heterocycles. The van der Waals surface area contributed by atoms with Crippen molar-refractivity contribution in [2.45, 2.75) is 33.1 Å². The van der Waals surface area contributed by atoms with E-state index in [0.29, 0.717) is 0 Å². The summed E-state index contributed by atoms with van der Waals surface area (Å²) >= 11 is 0. The van der Waals surface area contributed by atoms with Gasteiger partial charge in [0.25, 0.3) is 0 Å². The summed E-state index contributed by atoms with van der Waals surface area (Å²) in [4.78, 5) is 8.07. The summed E-state index contributed by atoms with van der Waals surface area (Å²) in [6.45, 7) is 6.49. The van der Waals surface area contributed by atoms with Crippen molar-refractivity contribution in [2.24, 2.45) is 5.92 Å². The highest BCUT2D eigenvalue weighted by atomic mass is 14.9. The third-order valence-electron chi connectivity index (χ3n) is 3.81. The Hall–Kier alpha value is -1.35. The molecule has 3 heteroatoms. The molecular weight excluding hydrogens is 222 g/mol. The molecule has 1 fully saturated rings. The number of aryl methyl sites for hydroxylation is 2. The van der Waals surface area contributed by atoms with Crippen LogP contribution in [0, 0.1) is 19.8 Å². The monoisotopic (exact) mass is 243 g/mol. The van der Waals surface area contributed by atoms with Crippen molar-refractivity contribution in [1.29, 1.82) is 0 Å². The highest BCUT2D eigenvalue weighted by Crippen LogP contribution is 2.27. The fourth-order valence-corrected chi connectivity index (χ4v) is 2.28. The van der Waals surface area contributed by atoms with E-state index in [9.17, 15) is 0 Å². The Kier molecular flexibility index (Phi) is 3.08. The fourth-order valence-electron chi connectivity index (χ4n) is 2.28. The van der Waals surface area contributed by atoms with E-state index in [1.54, 1.807) is 0 Å². The first-order valence-corrected chi connectivity index (χ1v) is 6.89. The molecule has 0 bridgehead atoms. The first-order chi connectivity index (χ1) is 8.72. The molecule has 18 heavy (non-hydrogen) atoms. The van der Waals surface area contributed by atoms with E-state index in [1.165, 1.54) is 30.5 Å². The van der Waals surface area contributed by atoms with Crippen molar-refractivity contribution in [3.05, 3.63) is 29.1 Å². The first-order valence-electron chi connectivity index (χ1n) is 6.89. The number of benzene rings is 1. The van der Waals surface area contributed by atoms with Crippen molar-refractivity contribution in [3.8, 4) is 0 Å². The lowest BCUT2D eigenvalue weighted by Crippen LogP contribution is -2.20. The van der Waals surface area contributed by atoms with Crippen LogP contribution in [0.5, 0.6) is 0 Å². The number of hydrogen-bond donors (Lipinski definition) is 2. The number of hydrogen-bond acceptors (Lipinski definition) is 2. The Morgan fingerprint density at radius 3 is 2.83 bits per heavy atom. The van der Waals surface area contributed by atoms with Crippen molar-refractivity contribution < 1.29 is 0 Å². The van der Waals surface area contributed by atoms with Gasteiger partial charge in [0.2, 0.25) is 0 Å². The standard InChI is InChI=1S/C15H21N3/c1-10-7-13-14(8-11(10)2)18-15(17-13)5-6-16-9-12-3-4-12/h7-8,12,16H,3-6,9H2,1-2H3,(H,17,18). The van der Waals surface area contributed by atoms with Crippen LogP contribution < -0.4 is 5.32 Å². The van der Waals surface area contributed by atoms with Crippen LogP contribution in [0.2, 0.25) is 0 Å². The van der Waals surface area contributed by atoms with Crippen LogP contribution in [0.3, 0.4) is 0 Å². The van der Waals surface area contributed by atoms with Crippen LogP contribution in [0.15, 0.2) is 12.1 Å². The molecule has 96 valence electrons. The van der Waals surface area contributed by atoms with E-state index in [1.807, 2.05) is 0 Å². The number of rotatable bonds is 5. The first kappa shape index (κ1) is 11.7. The maximum atomic E-state index is 4.65. The lowest BCUT2D eigenvalue weighted by atomic mass is 10.1. The average molecular weight is 243 g/mol. The van der Waals surface area contributed by atoms with Crippen LogP contribution in [0.4, 0.5) is 0 Å². The smallest absolute Gasteiger partial charge is 0.108 e. The van der Waals surface area contributed by atoms with Gasteiger partial charge in [0.05, 0.1) is 11.0 Å². The van der Waals surface area contributed by atoms with Gasteiger partial charge in [0.15, 0.2) is 0 Å². The van der Waals surface area contributed by atoms with Gasteiger partial charge in [-0.1, -0.05) is 0 Å². The molecule has 1 aliphatic rings. The van der Waals surface area contributed by atoms with Gasteiger partial charge in [-0.2, -0.15) is 0 Å². The summed E-state index contributed by atoms with van der Waals surface area (Å²) in [5, 5.41) is 3.50. The third kappa shape index (κ3) is 2.56. The summed E-state index contributed by atoms with van der Waals surface area (Å²) in [7, 11) is 0. The zero-order valence-corrected chi connectivity index (χ0v) is 11.2. The molecule has 0 aliphatic heterocycles. The van der Waals surface area contributed by atoms with E-state index in [-0.39, 0.29) is 0 Å². The second-order valence-corrected chi connectivity index (χ2v) is 5.53. The van der Waals surface area contributed by atoms with Crippen LogP contribution in [0.1, 0.15) is 29.8 Å². The van der Waals surface area contributed by atoms with Gasteiger partial charge in [0, 0.05) is 13.0 Å². The number of nitrogens with one attached hydrogen (secondary N) is 2. The maximum Gasteiger partial charge on any atom is 0.108 e. The summed E-state index contributed by atoms with van der Waals surface area (Å²) in [5.74, 6) is 2.05. The molecule has 2 N–H and O–H groups in total. The predicted molar refractivity (Wildman–Crippen MR) is 74.9 cm³/mol. The van der Waals surface area contributed by atoms with E-state index in [4.69, 9.17) is 0 Å². The van der Waals surface area contributed by atoms with Crippen LogP contribution >= 0.6 is 0 Å². The van der Waals surface area contributed by atoms with Gasteiger partial charge in [-0.3, -0.25) is 0 Å². The van der Waals surface area contributed by atoms with Gasteiger partial charge in [-0.05, 0) is 62.4 Å². The highest BCUT2D eigenvalue weighted by Gasteiger charge is 2.20. The number of H-pyrrole nitrogens is 1. The molecule has 1 aliphatic carbocycles. The SMILES string of the molecule is Cc1cc2nc(CCNCC3CC3)[nH]c2cc1C. The lowest BCUT2D eigenvalue weighted by molar-refractivity contribution is 0.630. The number of aromatic amines is 1. The Morgan fingerprint density at radius 1 is 1.28 bits per heavy atom. The predicted octanol–water partition coefficient (Wildman–Crippen LogP) is 2.72. The minimum absolute atomic E-state index is 0.950. The van der Waals surface area contributed by atoms with Gasteiger partial charge in [0.1, 0.15) is 5.82 Å². The normalized spacial score (nSPS) is 15.4. The quantitative estimate of drug-likeness (QED) is 0.793. The second-order valence-electron chi connectivity index (χ2n) is 5.53. The molecule has 0 spiro atoms. The summed E-state index contributed by atoms with van der Waals surface area (Å²) in [6.07, 6.45) is 3.81. The minimum atomic E-state index is 0.950. The van der Waals surface area contributed by atoms with Crippen LogP contribution in [0.25, 0.3) is 11.0 Å². The molecule has 0 amide bonds. The Balaban J connectivity index is 1.64. The molecule has 1 saturated carbocycles. The summed E-state index contributed by atoms with van der Waals surface area (Å²) in [5.41, 5.74) is 4.89. The topological polar surface area (TPSA) is 40.7 Å². The van der Waals surface area contributed by atoms with Gasteiger partial charge < -0.3 is 10.3 Å². The molecule has 0 radical (unpaired) electrons. The number of fused-ring (bicyclic) bond motifs is 1. The van der Waals surface area contributed by atoms with Crippen molar-refractivity contribution in [1.82, 2.24) is 15.3 Å². The van der Waals surface area contributed by atoms with Crippen molar-refractivity contribution in [3.63, 3.8) is 0 Å². The van der Waals surface area contributed by atoms with Crippen LogP contribution in [-0.4, -0.2) is 23.1 Å². The summed E-state index contributed by atoms with van der Waals surface area (Å²) in [6, 6.07) is 4.36. The Bertz CT molecular complexity index is 513. The minimum Gasteiger partial charge on any atom is -0.342 e. The van der Waals surface area contributed by atoms with E-state index in [2.05, 4.69) is 41.3 Å². The van der Waals surface area contributed by atoms with Crippen molar-refractivity contribution >= 4 is 11.0 Å². The number of nitrogens with zero attached hydrogens (tertiary/aromatic N) is 1.